The molecule has 1 saturated heterocycles. The van der Waals surface area contributed by atoms with Gasteiger partial charge < -0.3 is 4.57 Å². The molecule has 8 nitrogen and oxygen atoms in total. The molecule has 0 amide bonds. The summed E-state index contributed by atoms with van der Waals surface area (Å²) < 4.78 is 30.2. The number of hydrogen-bond donors (Lipinski definition) is 0. The molecule has 0 aromatic carbocycles. The average molecular weight is 336 g/mol. The van der Waals surface area contributed by atoms with Crippen LogP contribution in [0.5, 0.6) is 0 Å². The van der Waals surface area contributed by atoms with Crippen molar-refractivity contribution >= 4 is 10.0 Å². The van der Waals surface area contributed by atoms with E-state index in [0.29, 0.717) is 19.0 Å². The molecule has 2 fully saturated rings. The number of imidazole rings is 1. The first-order valence-electron chi connectivity index (χ1n) is 7.90. The molecule has 2 aromatic heterocycles. The lowest BCUT2D eigenvalue weighted by Crippen LogP contribution is -2.50. The lowest BCUT2D eigenvalue weighted by molar-refractivity contribution is 0.188. The van der Waals surface area contributed by atoms with E-state index in [0.717, 1.165) is 5.69 Å². The first-order valence-corrected chi connectivity index (χ1v) is 9.34. The van der Waals surface area contributed by atoms with Crippen molar-refractivity contribution in [3.05, 3.63) is 24.4 Å². The number of aromatic nitrogens is 5. The maximum atomic E-state index is 12.6. The largest absolute Gasteiger partial charge is 0.334 e. The highest BCUT2D eigenvalue weighted by atomic mass is 32.2. The van der Waals surface area contributed by atoms with Crippen LogP contribution in [0.15, 0.2) is 23.7 Å². The van der Waals surface area contributed by atoms with Gasteiger partial charge in [-0.25, -0.2) is 18.1 Å². The summed E-state index contributed by atoms with van der Waals surface area (Å²) in [5.41, 5.74) is 1.03. The Labute approximate surface area is 135 Å². The molecule has 4 rings (SSSR count). The molecule has 2 aromatic rings. The van der Waals surface area contributed by atoms with Crippen LogP contribution < -0.4 is 0 Å². The molecule has 0 N–H and O–H groups in total. The second-order valence-corrected chi connectivity index (χ2v) is 8.51. The van der Waals surface area contributed by atoms with E-state index in [9.17, 15) is 8.42 Å². The summed E-state index contributed by atoms with van der Waals surface area (Å²) in [7, 11) is -3.51. The Morgan fingerprint density at radius 2 is 1.96 bits per heavy atom. The zero-order chi connectivity index (χ0) is 16.2. The number of nitrogens with zero attached hydrogens (tertiary/aromatic N) is 6. The number of rotatable bonds is 5. The molecule has 0 radical (unpaired) electrons. The summed E-state index contributed by atoms with van der Waals surface area (Å²) >= 11 is 0. The number of hydrogen-bond acceptors (Lipinski definition) is 5. The predicted octanol–water partition coefficient (Wildman–Crippen LogP) is 1.18. The summed E-state index contributed by atoms with van der Waals surface area (Å²) in [6, 6.07) is 0.253. The van der Waals surface area contributed by atoms with Crippen LogP contribution in [0.4, 0.5) is 0 Å². The van der Waals surface area contributed by atoms with Crippen molar-refractivity contribution in [2.75, 3.05) is 13.1 Å². The molecule has 3 heterocycles. The molecular formula is C14H20N6O2S. The van der Waals surface area contributed by atoms with Crippen molar-refractivity contribution in [3.63, 3.8) is 0 Å². The summed E-state index contributed by atoms with van der Waals surface area (Å²) in [6.45, 7) is 4.81. The fourth-order valence-electron chi connectivity index (χ4n) is 2.68. The second kappa shape index (κ2) is 5.13. The normalized spacial score (nSPS) is 20.1. The first kappa shape index (κ1) is 14.8. The van der Waals surface area contributed by atoms with Gasteiger partial charge in [-0.1, -0.05) is 5.21 Å². The van der Waals surface area contributed by atoms with Crippen molar-refractivity contribution in [1.82, 2.24) is 28.9 Å². The van der Waals surface area contributed by atoms with Crippen LogP contribution in [0, 0.1) is 0 Å². The van der Waals surface area contributed by atoms with Crippen LogP contribution in [0.3, 0.4) is 0 Å². The van der Waals surface area contributed by atoms with Gasteiger partial charge in [0.05, 0.1) is 18.1 Å². The van der Waals surface area contributed by atoms with Crippen LogP contribution in [0.2, 0.25) is 0 Å². The molecular weight excluding hydrogens is 316 g/mol. The minimum Gasteiger partial charge on any atom is -0.334 e. The van der Waals surface area contributed by atoms with Crippen molar-refractivity contribution in [3.8, 4) is 0 Å². The fourth-order valence-corrected chi connectivity index (χ4v) is 4.12. The lowest BCUT2D eigenvalue weighted by atomic mass is 10.2. The van der Waals surface area contributed by atoms with Gasteiger partial charge in [-0.15, -0.1) is 5.10 Å². The van der Waals surface area contributed by atoms with Gasteiger partial charge in [-0.3, -0.25) is 0 Å². The molecule has 0 unspecified atom stereocenters. The highest BCUT2D eigenvalue weighted by Crippen LogP contribution is 2.39. The maximum absolute atomic E-state index is 12.6. The molecule has 124 valence electrons. The zero-order valence-electron chi connectivity index (χ0n) is 13.2. The first-order chi connectivity index (χ1) is 10.9. The smallest absolute Gasteiger partial charge is 0.262 e. The Morgan fingerprint density at radius 1 is 1.22 bits per heavy atom. The molecule has 0 atom stereocenters. The van der Waals surface area contributed by atoms with Gasteiger partial charge in [-0.2, -0.15) is 4.31 Å². The second-order valence-electron chi connectivity index (χ2n) is 6.63. The minimum atomic E-state index is -3.51. The van der Waals surface area contributed by atoms with E-state index >= 15 is 0 Å². The van der Waals surface area contributed by atoms with Gasteiger partial charge >= 0.3 is 0 Å². The maximum Gasteiger partial charge on any atom is 0.262 e. The van der Waals surface area contributed by atoms with Gasteiger partial charge in [0.25, 0.3) is 10.0 Å². The molecule has 9 heteroatoms. The summed E-state index contributed by atoms with van der Waals surface area (Å²) in [5, 5.41) is 8.43. The van der Waals surface area contributed by atoms with E-state index in [1.165, 1.54) is 17.1 Å². The Balaban J connectivity index is 1.45. The monoisotopic (exact) mass is 336 g/mol. The van der Waals surface area contributed by atoms with Crippen molar-refractivity contribution < 1.29 is 8.42 Å². The Bertz CT molecular complexity index is 814. The van der Waals surface area contributed by atoms with Crippen LogP contribution in [-0.4, -0.2) is 50.4 Å². The Kier molecular flexibility index (Phi) is 3.31. The third kappa shape index (κ3) is 2.57. The van der Waals surface area contributed by atoms with Gasteiger partial charge in [-0.05, 0) is 26.7 Å². The van der Waals surface area contributed by atoms with E-state index in [1.54, 1.807) is 21.8 Å². The highest BCUT2D eigenvalue weighted by molar-refractivity contribution is 7.89. The van der Waals surface area contributed by atoms with Crippen molar-refractivity contribution in [2.45, 2.75) is 49.7 Å². The third-order valence-corrected chi connectivity index (χ3v) is 6.22. The molecule has 0 spiro atoms. The topological polar surface area (TPSA) is 85.9 Å². The van der Waals surface area contributed by atoms with Gasteiger partial charge in [0.2, 0.25) is 0 Å². The van der Waals surface area contributed by atoms with Crippen LogP contribution >= 0.6 is 0 Å². The van der Waals surface area contributed by atoms with Gasteiger partial charge in [0.1, 0.15) is 0 Å². The molecule has 1 aliphatic heterocycles. The lowest BCUT2D eigenvalue weighted by Gasteiger charge is -2.37. The zero-order valence-corrected chi connectivity index (χ0v) is 14.0. The van der Waals surface area contributed by atoms with E-state index in [1.807, 2.05) is 20.0 Å². The Morgan fingerprint density at radius 3 is 2.57 bits per heavy atom. The standard InChI is InChI=1S/C14H20N6O2S/c1-10(2)18-8-14(15-9-18)23(21,22)19-5-12(6-19)20-7-13(16-17-20)11-3-4-11/h7-12H,3-6H2,1-2H3. The van der Waals surface area contributed by atoms with Crippen molar-refractivity contribution in [1.29, 1.82) is 0 Å². The summed E-state index contributed by atoms with van der Waals surface area (Å²) in [4.78, 5) is 4.04. The van der Waals surface area contributed by atoms with E-state index < -0.39 is 10.0 Å². The molecule has 1 saturated carbocycles. The molecule has 0 bridgehead atoms. The molecule has 2 aliphatic rings. The van der Waals surface area contributed by atoms with Crippen LogP contribution in [0.1, 0.15) is 50.4 Å². The van der Waals surface area contributed by atoms with E-state index in [-0.39, 0.29) is 17.1 Å². The average Bonchev–Trinajstić information content (AvgIpc) is 2.99. The SMILES string of the molecule is CC(C)n1cnc(S(=O)(=O)N2CC(n3cc(C4CC4)nn3)C2)c1. The highest BCUT2D eigenvalue weighted by Gasteiger charge is 2.40. The predicted molar refractivity (Wildman–Crippen MR) is 82.4 cm³/mol. The van der Waals surface area contributed by atoms with Crippen LogP contribution in [0.25, 0.3) is 0 Å². The van der Waals surface area contributed by atoms with E-state index in [4.69, 9.17) is 0 Å². The quantitative estimate of drug-likeness (QED) is 0.818. The number of sulfonamides is 1. The van der Waals surface area contributed by atoms with Crippen molar-refractivity contribution in [2.24, 2.45) is 0 Å². The minimum absolute atomic E-state index is 0.0666. The third-order valence-electron chi connectivity index (χ3n) is 4.50. The van der Waals surface area contributed by atoms with Crippen LogP contribution in [-0.2, 0) is 10.0 Å². The summed E-state index contributed by atoms with van der Waals surface area (Å²) in [6.07, 6.45) is 7.48. The van der Waals surface area contributed by atoms with Gasteiger partial charge in [0, 0.05) is 37.4 Å². The van der Waals surface area contributed by atoms with E-state index in [2.05, 4.69) is 15.3 Å². The molecule has 23 heavy (non-hydrogen) atoms. The summed E-state index contributed by atoms with van der Waals surface area (Å²) in [5.74, 6) is 0.559. The molecule has 1 aliphatic carbocycles. The fraction of sp³-hybridized carbons (Fsp3) is 0.643. The Hall–Kier alpha value is -1.74. The van der Waals surface area contributed by atoms with Gasteiger partial charge in [0.15, 0.2) is 5.03 Å².